The smallest absolute Gasteiger partial charge is 1.00 e. The maximum absolute atomic E-state index is 7.72. The summed E-state index contributed by atoms with van der Waals surface area (Å²) in [5, 5.41) is 0. The van der Waals surface area contributed by atoms with Crippen LogP contribution in [0.4, 0.5) is 0 Å². The number of hydrogen-bond acceptors (Lipinski definition) is 4. The van der Waals surface area contributed by atoms with Gasteiger partial charge >= 0.3 is 118 Å². The van der Waals surface area contributed by atoms with E-state index in [2.05, 4.69) is 23.7 Å². The van der Waals surface area contributed by atoms with Crippen molar-refractivity contribution in [2.24, 2.45) is 0 Å². The van der Waals surface area contributed by atoms with Gasteiger partial charge in [-0.15, -0.1) is 12.4 Å². The van der Waals surface area contributed by atoms with Crippen molar-refractivity contribution < 1.29 is 162 Å². The van der Waals surface area contributed by atoms with Crippen LogP contribution in [0, 0.1) is 0 Å². The molecule has 0 heterocycles. The van der Waals surface area contributed by atoms with Crippen LogP contribution in [0.2, 0.25) is 0 Å². The molecule has 0 rings (SSSR count). The Morgan fingerprint density at radius 3 is 0.714 bits per heavy atom. The first-order valence-corrected chi connectivity index (χ1v) is 0.970. The molecule has 0 aliphatic rings. The van der Waals surface area contributed by atoms with E-state index in [1.54, 1.807) is 0 Å². The van der Waals surface area contributed by atoms with Crippen LogP contribution < -0.4 is 135 Å². The predicted molar refractivity (Wildman–Crippen MR) is 32.3 cm³/mol. The molecule has 0 fully saturated rings. The maximum atomic E-state index is 7.72. The standard InChI is InChI=1S/ClHO.ClO.2ClH.4Na.4H2O/c2*1-2;;;;;;;;;;/h2H;;2*1H;;;;;4*1H2/q;-1;;;4*+1;;;;/p-3. The summed E-state index contributed by atoms with van der Waals surface area (Å²) in [6.07, 6.45) is 0. The van der Waals surface area contributed by atoms with E-state index in [1.165, 1.54) is 0 Å². The van der Waals surface area contributed by atoms with Gasteiger partial charge < -0.3 is 39.0 Å². The van der Waals surface area contributed by atoms with Crippen LogP contribution in [0.3, 0.4) is 0 Å². The van der Waals surface area contributed by atoms with Crippen molar-refractivity contribution in [2.75, 3.05) is 0 Å². The van der Waals surface area contributed by atoms with Crippen molar-refractivity contribution >= 4 is 36.1 Å². The van der Waals surface area contributed by atoms with Crippen LogP contribution in [0.1, 0.15) is 0 Å². The van der Waals surface area contributed by atoms with E-state index in [9.17, 15) is 0 Å². The normalized spacial score (nSPS) is 0.857. The van der Waals surface area contributed by atoms with E-state index in [4.69, 9.17) is 9.32 Å². The quantitative estimate of drug-likeness (QED) is 0.433. The van der Waals surface area contributed by atoms with Crippen molar-refractivity contribution in [3.05, 3.63) is 0 Å². The molecular weight excluding hydrogens is 330 g/mol. The van der Waals surface area contributed by atoms with Crippen LogP contribution in [-0.2, 0) is 0 Å². The summed E-state index contributed by atoms with van der Waals surface area (Å²) in [5.41, 5.74) is 0. The largest absolute Gasteiger partial charge is 1.00 e. The van der Waals surface area contributed by atoms with E-state index in [0.29, 0.717) is 0 Å². The zero-order valence-corrected chi connectivity index (χ0v) is 19.4. The van der Waals surface area contributed by atoms with Crippen molar-refractivity contribution in [3.8, 4) is 0 Å². The minimum Gasteiger partial charge on any atom is -1.00 e. The Morgan fingerprint density at radius 1 is 0.714 bits per heavy atom. The minimum atomic E-state index is 0. The molecule has 0 spiro atoms. The molecule has 0 saturated carbocycles. The Morgan fingerprint density at radius 2 is 0.714 bits per heavy atom. The van der Waals surface area contributed by atoms with Gasteiger partial charge in [0.05, 0.1) is 11.9 Å². The zero-order valence-electron chi connectivity index (χ0n) is 8.29. The first-order chi connectivity index (χ1) is 2.00. The third-order valence-electron chi connectivity index (χ3n) is 0. The fourth-order valence-corrected chi connectivity index (χ4v) is 0. The SMILES string of the molecule is Cl.O.O.OCl.[Cl-].[Na+].[Na+].[Na+].[Na+].[O-]Cl.[OH-].[OH-]. The molecule has 0 atom stereocenters. The Kier molecular flexibility index (Phi) is 1920. The second kappa shape index (κ2) is 212. The van der Waals surface area contributed by atoms with Gasteiger partial charge in [-0.25, -0.2) is 11.9 Å². The first-order valence-electron chi connectivity index (χ1n) is 0.323. The maximum Gasteiger partial charge on any atom is 1.00 e. The molecule has 0 aromatic carbocycles. The molecule has 0 aliphatic carbocycles. The van der Waals surface area contributed by atoms with Crippen LogP contribution in [0.5, 0.6) is 0 Å². The van der Waals surface area contributed by atoms with Crippen molar-refractivity contribution in [1.82, 2.24) is 0 Å². The molecular formula is H8Cl4Na4O6. The Bertz CT molecular complexity index is 21.8. The van der Waals surface area contributed by atoms with E-state index >= 15 is 0 Å². The molecule has 76 valence electrons. The van der Waals surface area contributed by atoms with Gasteiger partial charge in [0.2, 0.25) is 0 Å². The second-order valence-electron chi connectivity index (χ2n) is 0. The Labute approximate surface area is 194 Å². The molecule has 14 heavy (non-hydrogen) atoms. The average Bonchev–Trinajstić information content (AvgIpc) is 1.50. The molecule has 0 saturated heterocycles. The van der Waals surface area contributed by atoms with Crippen molar-refractivity contribution in [3.63, 3.8) is 0 Å². The molecule has 0 amide bonds. The molecule has 7 N–H and O–H groups in total. The molecule has 0 unspecified atom stereocenters. The van der Waals surface area contributed by atoms with Crippen LogP contribution in [0.15, 0.2) is 0 Å². The van der Waals surface area contributed by atoms with Gasteiger partial charge in [-0.2, -0.15) is 0 Å². The topological polar surface area (TPSA) is 166 Å². The van der Waals surface area contributed by atoms with E-state index in [1.807, 2.05) is 0 Å². The van der Waals surface area contributed by atoms with Gasteiger partial charge in [0.15, 0.2) is 0 Å². The zero-order chi connectivity index (χ0) is 4.00. The first kappa shape index (κ1) is 127. The second-order valence-corrected chi connectivity index (χ2v) is 0. The van der Waals surface area contributed by atoms with E-state index < -0.39 is 0 Å². The predicted octanol–water partition coefficient (Wildman–Crippen LogP) is -16.9. The van der Waals surface area contributed by atoms with Crippen molar-refractivity contribution in [1.29, 1.82) is 0 Å². The van der Waals surface area contributed by atoms with Crippen LogP contribution in [0.25, 0.3) is 0 Å². The fourth-order valence-electron chi connectivity index (χ4n) is 0. The molecule has 14 heteroatoms. The summed E-state index contributed by atoms with van der Waals surface area (Å²) in [6, 6.07) is 0. The fraction of sp³-hybridized carbons (Fsp3) is 0. The monoisotopic (exact) mass is 336 g/mol. The molecule has 0 aromatic rings. The third kappa shape index (κ3) is 177. The van der Waals surface area contributed by atoms with Gasteiger partial charge in [0, 0.05) is 0 Å². The molecule has 0 aromatic heterocycles. The van der Waals surface area contributed by atoms with Gasteiger partial charge in [-0.05, 0) is 0 Å². The molecule has 0 bridgehead atoms. The summed E-state index contributed by atoms with van der Waals surface area (Å²) < 4.78 is 14.2. The van der Waals surface area contributed by atoms with E-state index in [-0.39, 0.29) is 165 Å². The summed E-state index contributed by atoms with van der Waals surface area (Å²) >= 11 is 7.03. The molecule has 0 aliphatic heterocycles. The Balaban J connectivity index is -0.000000000333. The van der Waals surface area contributed by atoms with Crippen molar-refractivity contribution in [2.45, 2.75) is 0 Å². The summed E-state index contributed by atoms with van der Waals surface area (Å²) in [5.74, 6) is 0. The number of halogens is 4. The summed E-state index contributed by atoms with van der Waals surface area (Å²) in [4.78, 5) is 0. The van der Waals surface area contributed by atoms with Crippen LogP contribution >= 0.6 is 36.1 Å². The van der Waals surface area contributed by atoms with Gasteiger partial charge in [0.1, 0.15) is 0 Å². The third-order valence-corrected chi connectivity index (χ3v) is 0. The number of rotatable bonds is 0. The molecule has 0 radical (unpaired) electrons. The minimum absolute atomic E-state index is 0. The summed E-state index contributed by atoms with van der Waals surface area (Å²) in [7, 11) is 0. The Hall–Kier alpha value is 4.92. The molecule has 6 nitrogen and oxygen atoms in total. The van der Waals surface area contributed by atoms with Gasteiger partial charge in [0.25, 0.3) is 0 Å². The van der Waals surface area contributed by atoms with E-state index in [0.717, 1.165) is 0 Å². The van der Waals surface area contributed by atoms with Gasteiger partial charge in [-0.1, -0.05) is 0 Å². The average molecular weight is 338 g/mol. The van der Waals surface area contributed by atoms with Gasteiger partial charge in [-0.3, -0.25) is 4.66 Å². The van der Waals surface area contributed by atoms with Crippen LogP contribution in [-0.4, -0.2) is 26.6 Å². The summed E-state index contributed by atoms with van der Waals surface area (Å²) in [6.45, 7) is 0. The number of hydrogen-bond donors (Lipinski definition) is 1.